The van der Waals surface area contributed by atoms with E-state index in [1.54, 1.807) is 4.90 Å². The number of rotatable bonds is 2. The van der Waals surface area contributed by atoms with Crippen LogP contribution in [0.1, 0.15) is 46.5 Å². The Morgan fingerprint density at radius 1 is 0.766 bits per heavy atom. The van der Waals surface area contributed by atoms with Crippen molar-refractivity contribution in [2.45, 2.75) is 64.1 Å². The molecule has 6 aliphatic rings. The maximum atomic E-state index is 13.0. The van der Waals surface area contributed by atoms with Crippen LogP contribution in [0.25, 0.3) is 22.5 Å². The highest BCUT2D eigenvalue weighted by atomic mass is 35.5. The number of hydrogen-bond acceptors (Lipinski definition) is 7. The Balaban J connectivity index is 0.000000156. The summed E-state index contributed by atoms with van der Waals surface area (Å²) in [6, 6.07) is 24.5. The minimum Gasteiger partial charge on any atom is -0.443 e. The molecule has 244 valence electrons. The van der Waals surface area contributed by atoms with Crippen molar-refractivity contribution in [2.75, 3.05) is 46.2 Å². The van der Waals surface area contributed by atoms with Crippen LogP contribution < -0.4 is 20.0 Å². The molecule has 2 aromatic carbocycles. The predicted molar refractivity (Wildman–Crippen MR) is 192 cm³/mol. The maximum Gasteiger partial charge on any atom is 0.416 e. The van der Waals surface area contributed by atoms with Crippen molar-refractivity contribution in [2.24, 2.45) is 0 Å². The van der Waals surface area contributed by atoms with Crippen LogP contribution in [0.5, 0.6) is 0 Å². The van der Waals surface area contributed by atoms with Crippen LogP contribution in [-0.4, -0.2) is 59.9 Å². The fraction of sp³-hybridized carbons (Fsp3) is 0.378. The lowest BCUT2D eigenvalue weighted by Gasteiger charge is -2.33. The average molecular weight is 672 g/mol. The summed E-state index contributed by atoms with van der Waals surface area (Å²) < 4.78 is 5.71. The van der Waals surface area contributed by atoms with Gasteiger partial charge in [-0.25, -0.2) is 14.8 Å². The molecule has 0 saturated carbocycles. The molecule has 2 fully saturated rings. The number of nitrogens with zero attached hydrogens (tertiary/aromatic N) is 5. The van der Waals surface area contributed by atoms with E-state index >= 15 is 0 Å². The van der Waals surface area contributed by atoms with E-state index in [4.69, 9.17) is 37.9 Å². The molecule has 6 aliphatic heterocycles. The first-order chi connectivity index (χ1) is 22.6. The summed E-state index contributed by atoms with van der Waals surface area (Å²) >= 11 is 12.2. The minimum atomic E-state index is -0.549. The molecule has 47 heavy (non-hydrogen) atoms. The van der Waals surface area contributed by atoms with Gasteiger partial charge in [-0.05, 0) is 95.0 Å². The number of amides is 1. The number of ether oxygens (including phenoxy) is 1. The van der Waals surface area contributed by atoms with Crippen LogP contribution in [0.4, 0.5) is 27.8 Å². The highest BCUT2D eigenvalue weighted by Crippen LogP contribution is 2.40. The zero-order valence-corrected chi connectivity index (χ0v) is 28.6. The highest BCUT2D eigenvalue weighted by molar-refractivity contribution is 6.31. The van der Waals surface area contributed by atoms with Crippen molar-refractivity contribution in [3.63, 3.8) is 0 Å². The summed E-state index contributed by atoms with van der Waals surface area (Å²) in [4.78, 5) is 29.2. The van der Waals surface area contributed by atoms with Crippen LogP contribution in [0.2, 0.25) is 10.0 Å². The van der Waals surface area contributed by atoms with E-state index < -0.39 is 5.60 Å². The lowest BCUT2D eigenvalue weighted by atomic mass is 10.1. The third-order valence-corrected chi connectivity index (χ3v) is 9.60. The molecule has 1 amide bonds. The monoisotopic (exact) mass is 670 g/mol. The van der Waals surface area contributed by atoms with E-state index in [0.29, 0.717) is 16.9 Å². The predicted octanol–water partition coefficient (Wildman–Crippen LogP) is 8.92. The summed E-state index contributed by atoms with van der Waals surface area (Å²) in [5, 5.41) is 5.00. The van der Waals surface area contributed by atoms with Gasteiger partial charge in [-0.2, -0.15) is 0 Å². The van der Waals surface area contributed by atoms with Crippen LogP contribution in [-0.2, 0) is 4.74 Å². The van der Waals surface area contributed by atoms with Gasteiger partial charge in [-0.3, -0.25) is 4.90 Å². The second-order valence-corrected chi connectivity index (χ2v) is 14.5. The second-order valence-electron chi connectivity index (χ2n) is 13.6. The molecule has 10 heteroatoms. The number of fused-ring (bicyclic) bond motifs is 4. The number of halogens is 2. The van der Waals surface area contributed by atoms with Crippen molar-refractivity contribution in [1.29, 1.82) is 0 Å². The van der Waals surface area contributed by atoms with Gasteiger partial charge in [-0.1, -0.05) is 47.5 Å². The highest BCUT2D eigenvalue weighted by Gasteiger charge is 2.39. The van der Waals surface area contributed by atoms with Gasteiger partial charge >= 0.3 is 6.09 Å². The van der Waals surface area contributed by atoms with Gasteiger partial charge < -0.3 is 19.9 Å². The zero-order valence-electron chi connectivity index (χ0n) is 27.0. The lowest BCUT2D eigenvalue weighted by molar-refractivity contribution is 0.0561. The summed E-state index contributed by atoms with van der Waals surface area (Å²) in [5.74, 6) is 1.70. The molecule has 0 radical (unpaired) electrons. The average Bonchev–Trinajstić information content (AvgIpc) is 3.47. The first kappa shape index (κ1) is 31.6. The smallest absolute Gasteiger partial charge is 0.416 e. The van der Waals surface area contributed by atoms with Gasteiger partial charge in [-0.15, -0.1) is 0 Å². The summed E-state index contributed by atoms with van der Waals surface area (Å²) in [5.41, 5.74) is 5.44. The number of benzene rings is 2. The number of carbonyl (C=O) groups is 1. The summed E-state index contributed by atoms with van der Waals surface area (Å²) in [7, 11) is 0. The Hall–Kier alpha value is -4.01. The fourth-order valence-corrected chi connectivity index (χ4v) is 7.22. The molecule has 0 unspecified atom stereocenters. The SMILES string of the molecule is CC(C)(C)OC(=O)N1c2nc(-c3cccc(Cl)c3)ccc2N2CCC1CC2.Clc1cccc(-c2ccc3c(n2)NC2CCN3CC2)c1. The fourth-order valence-electron chi connectivity index (χ4n) is 6.84. The van der Waals surface area contributed by atoms with E-state index in [2.05, 4.69) is 33.3 Å². The lowest BCUT2D eigenvalue weighted by Crippen LogP contribution is -2.46. The molecular formula is C37H40Cl2N6O2. The molecule has 2 saturated heterocycles. The Bertz CT molecular complexity index is 1780. The molecule has 0 aliphatic carbocycles. The van der Waals surface area contributed by atoms with Crippen LogP contribution in [0.15, 0.2) is 72.8 Å². The first-order valence-corrected chi connectivity index (χ1v) is 17.2. The number of piperidine rings is 2. The number of anilines is 4. The molecule has 0 spiro atoms. The van der Waals surface area contributed by atoms with Gasteiger partial charge in [0.05, 0.1) is 22.8 Å². The van der Waals surface area contributed by atoms with E-state index in [-0.39, 0.29) is 12.1 Å². The Morgan fingerprint density at radius 2 is 1.32 bits per heavy atom. The number of nitrogens with one attached hydrogen (secondary N) is 1. The molecule has 0 atom stereocenters. The Labute approximate surface area is 286 Å². The molecule has 4 bridgehead atoms. The number of carbonyl (C=O) groups excluding carboxylic acids is 1. The normalized spacial score (nSPS) is 17.2. The van der Waals surface area contributed by atoms with Crippen molar-refractivity contribution in [3.05, 3.63) is 82.8 Å². The maximum absolute atomic E-state index is 13.0. The molecule has 8 nitrogen and oxygen atoms in total. The van der Waals surface area contributed by atoms with Gasteiger partial charge in [0, 0.05) is 59.4 Å². The molecule has 4 aromatic rings. The van der Waals surface area contributed by atoms with E-state index in [1.165, 1.54) is 18.5 Å². The largest absolute Gasteiger partial charge is 0.443 e. The zero-order chi connectivity index (χ0) is 32.7. The van der Waals surface area contributed by atoms with Crippen molar-refractivity contribution >= 4 is 52.3 Å². The van der Waals surface area contributed by atoms with E-state index in [1.807, 2.05) is 75.4 Å². The van der Waals surface area contributed by atoms with E-state index in [9.17, 15) is 4.79 Å². The van der Waals surface area contributed by atoms with Crippen LogP contribution in [0, 0.1) is 0 Å². The minimum absolute atomic E-state index is 0.111. The summed E-state index contributed by atoms with van der Waals surface area (Å²) in [6.45, 7) is 9.78. The van der Waals surface area contributed by atoms with Crippen LogP contribution in [0.3, 0.4) is 0 Å². The summed E-state index contributed by atoms with van der Waals surface area (Å²) in [6.07, 6.45) is 3.91. The van der Waals surface area contributed by atoms with Crippen LogP contribution >= 0.6 is 23.2 Å². The second kappa shape index (κ2) is 12.9. The van der Waals surface area contributed by atoms with E-state index in [0.717, 1.165) is 78.1 Å². The topological polar surface area (TPSA) is 73.8 Å². The quantitative estimate of drug-likeness (QED) is 0.228. The third-order valence-electron chi connectivity index (χ3n) is 9.13. The molecule has 8 heterocycles. The molecule has 10 rings (SSSR count). The third kappa shape index (κ3) is 6.85. The van der Waals surface area contributed by atoms with Gasteiger partial charge in [0.25, 0.3) is 0 Å². The number of pyridine rings is 2. The first-order valence-electron chi connectivity index (χ1n) is 16.4. The standard InChI is InChI=1S/C21H24ClN3O2.C16H16ClN3/c1-21(2,3)27-20(26)25-16-9-11-24(12-10-16)18-8-7-17(23-19(18)25)14-5-4-6-15(22)13-14;17-12-3-1-2-11(10-12)14-4-5-15-16(19-14)18-13-6-8-20(15)9-7-13/h4-8,13,16H,9-12H2,1-3H3;1-5,10,13H,6-9H2,(H,18,19). The van der Waals surface area contributed by atoms with Gasteiger partial charge in [0.1, 0.15) is 5.60 Å². The van der Waals surface area contributed by atoms with Crippen molar-refractivity contribution < 1.29 is 9.53 Å². The number of aromatic nitrogens is 2. The molecular weight excluding hydrogens is 631 g/mol. The van der Waals surface area contributed by atoms with Crippen molar-refractivity contribution in [1.82, 2.24) is 9.97 Å². The molecule has 2 aromatic heterocycles. The number of hydrogen-bond donors (Lipinski definition) is 1. The van der Waals surface area contributed by atoms with Crippen molar-refractivity contribution in [3.8, 4) is 22.5 Å². The molecule has 1 N–H and O–H groups in total. The Kier molecular flexibility index (Phi) is 8.66. The Morgan fingerprint density at radius 3 is 1.91 bits per heavy atom. The van der Waals surface area contributed by atoms with Gasteiger partial charge in [0.2, 0.25) is 0 Å². The van der Waals surface area contributed by atoms with Gasteiger partial charge in [0.15, 0.2) is 11.6 Å².